The number of nitrogens with zero attached hydrogens (tertiary/aromatic N) is 1. The summed E-state index contributed by atoms with van der Waals surface area (Å²) >= 11 is 5.92. The maximum absolute atomic E-state index is 12.8. The van der Waals surface area contributed by atoms with Gasteiger partial charge in [-0.2, -0.15) is 13.2 Å². The van der Waals surface area contributed by atoms with Gasteiger partial charge in [-0.05, 0) is 37.1 Å². The normalized spacial score (nSPS) is 19.9. The molecule has 1 aliphatic heterocycles. The van der Waals surface area contributed by atoms with E-state index in [0.29, 0.717) is 6.61 Å². The summed E-state index contributed by atoms with van der Waals surface area (Å²) in [5.41, 5.74) is -1.20. The lowest BCUT2D eigenvalue weighted by atomic mass is 10.2. The molecule has 32 heavy (non-hydrogen) atoms. The molecule has 1 heterocycles. The molecule has 1 unspecified atom stereocenters. The molecule has 0 N–H and O–H groups in total. The molecular formula is C21H19ClF3NO6. The summed E-state index contributed by atoms with van der Waals surface area (Å²) in [7, 11) is 0. The van der Waals surface area contributed by atoms with Gasteiger partial charge in [0.15, 0.2) is 5.79 Å². The summed E-state index contributed by atoms with van der Waals surface area (Å²) < 4.78 is 61.4. The molecular weight excluding hydrogens is 455 g/mol. The van der Waals surface area contributed by atoms with Gasteiger partial charge < -0.3 is 18.9 Å². The van der Waals surface area contributed by atoms with Gasteiger partial charge in [0.2, 0.25) is 5.75 Å². The Kier molecular flexibility index (Phi) is 6.19. The fraction of sp³-hybridized carbons (Fsp3) is 0.429. The van der Waals surface area contributed by atoms with Crippen LogP contribution in [0.25, 0.3) is 0 Å². The van der Waals surface area contributed by atoms with E-state index in [1.165, 1.54) is 18.2 Å². The second kappa shape index (κ2) is 8.76. The van der Waals surface area contributed by atoms with E-state index in [1.807, 2.05) is 0 Å². The summed E-state index contributed by atoms with van der Waals surface area (Å²) in [6, 6.07) is 6.44. The summed E-state index contributed by atoms with van der Waals surface area (Å²) in [5.74, 6) is -0.561. The highest BCUT2D eigenvalue weighted by Gasteiger charge is 2.44. The van der Waals surface area contributed by atoms with Crippen LogP contribution < -0.4 is 9.47 Å². The lowest BCUT2D eigenvalue weighted by Crippen LogP contribution is -2.28. The van der Waals surface area contributed by atoms with E-state index in [-0.39, 0.29) is 40.7 Å². The van der Waals surface area contributed by atoms with E-state index in [4.69, 9.17) is 30.5 Å². The molecule has 2 aromatic carbocycles. The van der Waals surface area contributed by atoms with Crippen LogP contribution in [0.15, 0.2) is 36.4 Å². The van der Waals surface area contributed by atoms with Crippen molar-refractivity contribution in [2.24, 2.45) is 0 Å². The molecule has 1 saturated heterocycles. The van der Waals surface area contributed by atoms with Crippen molar-refractivity contribution in [3.05, 3.63) is 57.1 Å². The molecule has 0 radical (unpaired) electrons. The van der Waals surface area contributed by atoms with Crippen molar-refractivity contribution in [3.8, 4) is 17.2 Å². The van der Waals surface area contributed by atoms with Crippen molar-refractivity contribution in [1.82, 2.24) is 0 Å². The predicted molar refractivity (Wildman–Crippen MR) is 107 cm³/mol. The van der Waals surface area contributed by atoms with Crippen molar-refractivity contribution in [2.75, 3.05) is 13.2 Å². The van der Waals surface area contributed by atoms with E-state index < -0.39 is 22.5 Å². The van der Waals surface area contributed by atoms with Gasteiger partial charge in [0, 0.05) is 25.0 Å². The lowest BCUT2D eigenvalue weighted by molar-refractivity contribution is -0.386. The number of ether oxygens (including phenoxy) is 4. The summed E-state index contributed by atoms with van der Waals surface area (Å²) in [4.78, 5) is 10.8. The van der Waals surface area contributed by atoms with E-state index in [9.17, 15) is 23.3 Å². The Morgan fingerprint density at radius 1 is 1.16 bits per heavy atom. The molecule has 2 aromatic rings. The smallest absolute Gasteiger partial charge is 0.416 e. The highest BCUT2D eigenvalue weighted by molar-refractivity contribution is 6.32. The van der Waals surface area contributed by atoms with Crippen LogP contribution in [-0.2, 0) is 15.7 Å². The third kappa shape index (κ3) is 4.92. The summed E-state index contributed by atoms with van der Waals surface area (Å²) in [5, 5.41) is 11.1. The van der Waals surface area contributed by atoms with Crippen LogP contribution in [0.2, 0.25) is 5.02 Å². The highest BCUT2D eigenvalue weighted by atomic mass is 35.5. The monoisotopic (exact) mass is 473 g/mol. The Balaban J connectivity index is 1.48. The first kappa shape index (κ1) is 22.6. The maximum atomic E-state index is 12.8. The minimum atomic E-state index is -4.54. The molecule has 2 aliphatic rings. The number of alkyl halides is 3. The quantitative estimate of drug-likeness (QED) is 0.371. The van der Waals surface area contributed by atoms with Gasteiger partial charge in [-0.15, -0.1) is 0 Å². The first-order valence-corrected chi connectivity index (χ1v) is 10.3. The average Bonchev–Trinajstić information content (AvgIpc) is 3.36. The second-order valence-corrected chi connectivity index (χ2v) is 8.02. The van der Waals surface area contributed by atoms with Crippen LogP contribution in [0.4, 0.5) is 18.9 Å². The second-order valence-electron chi connectivity index (χ2n) is 7.61. The Bertz CT molecular complexity index is 1010. The van der Waals surface area contributed by atoms with E-state index in [1.54, 1.807) is 0 Å². The SMILES string of the molecule is O=[N+]([O-])c1ccc(Oc2ccc(C(F)(F)F)cc2Cl)cc1OCC1COC2(CCCC2)O1. The Hall–Kier alpha value is -2.56. The number of benzene rings is 2. The molecule has 4 rings (SSSR count). The largest absolute Gasteiger partial charge is 0.484 e. The van der Waals surface area contributed by atoms with Gasteiger partial charge in [-0.25, -0.2) is 0 Å². The van der Waals surface area contributed by atoms with Gasteiger partial charge in [0.1, 0.15) is 24.2 Å². The molecule has 0 bridgehead atoms. The first-order valence-electron chi connectivity index (χ1n) is 9.93. The zero-order chi connectivity index (χ0) is 22.9. The Morgan fingerprint density at radius 3 is 2.56 bits per heavy atom. The van der Waals surface area contributed by atoms with Crippen LogP contribution in [0.5, 0.6) is 17.2 Å². The fourth-order valence-corrected chi connectivity index (χ4v) is 3.99. The van der Waals surface area contributed by atoms with E-state index in [2.05, 4.69) is 0 Å². The zero-order valence-electron chi connectivity index (χ0n) is 16.7. The standard InChI is InChI=1S/C21H19ClF3NO6/c22-16-9-13(21(23,24)25)3-6-18(16)31-14-4-5-17(26(27)28)19(10-14)29-11-15-12-30-20(32-15)7-1-2-8-20/h3-6,9-10,15H,1-2,7-8,11-12H2. The van der Waals surface area contributed by atoms with Crippen LogP contribution in [0.3, 0.4) is 0 Å². The van der Waals surface area contributed by atoms with Crippen molar-refractivity contribution in [3.63, 3.8) is 0 Å². The number of hydrogen-bond acceptors (Lipinski definition) is 6. The van der Waals surface area contributed by atoms with Crippen molar-refractivity contribution < 1.29 is 37.0 Å². The minimum absolute atomic E-state index is 0.0322. The third-order valence-corrected chi connectivity index (χ3v) is 5.61. The number of nitro groups is 1. The number of rotatable bonds is 6. The molecule has 1 aliphatic carbocycles. The number of hydrogen-bond donors (Lipinski definition) is 0. The lowest BCUT2D eigenvalue weighted by Gasteiger charge is -2.21. The fourth-order valence-electron chi connectivity index (χ4n) is 3.77. The molecule has 7 nitrogen and oxygen atoms in total. The van der Waals surface area contributed by atoms with E-state index in [0.717, 1.165) is 43.9 Å². The minimum Gasteiger partial charge on any atom is -0.484 e. The first-order chi connectivity index (χ1) is 15.2. The van der Waals surface area contributed by atoms with Crippen LogP contribution in [0.1, 0.15) is 31.2 Å². The maximum Gasteiger partial charge on any atom is 0.416 e. The average molecular weight is 474 g/mol. The molecule has 2 fully saturated rings. The molecule has 172 valence electrons. The number of halogens is 4. The Labute approximate surface area is 186 Å². The van der Waals surface area contributed by atoms with Crippen molar-refractivity contribution in [1.29, 1.82) is 0 Å². The Morgan fingerprint density at radius 2 is 1.91 bits per heavy atom. The van der Waals surface area contributed by atoms with Crippen molar-refractivity contribution in [2.45, 2.75) is 43.8 Å². The van der Waals surface area contributed by atoms with Crippen molar-refractivity contribution >= 4 is 17.3 Å². The molecule has 0 amide bonds. The summed E-state index contributed by atoms with van der Waals surface area (Å²) in [6.07, 6.45) is -1.27. The summed E-state index contributed by atoms with van der Waals surface area (Å²) in [6.45, 7) is 0.359. The highest BCUT2D eigenvalue weighted by Crippen LogP contribution is 2.41. The predicted octanol–water partition coefficient (Wildman–Crippen LogP) is 6.12. The van der Waals surface area contributed by atoms with Gasteiger partial charge >= 0.3 is 11.9 Å². The van der Waals surface area contributed by atoms with Crippen LogP contribution in [0, 0.1) is 10.1 Å². The van der Waals surface area contributed by atoms with Crippen LogP contribution >= 0.6 is 11.6 Å². The molecule has 1 atom stereocenters. The molecule has 1 saturated carbocycles. The molecule has 11 heteroatoms. The topological polar surface area (TPSA) is 80.1 Å². The van der Waals surface area contributed by atoms with Gasteiger partial charge in [-0.3, -0.25) is 10.1 Å². The number of nitro benzene ring substituents is 1. The van der Waals surface area contributed by atoms with E-state index >= 15 is 0 Å². The molecule has 1 spiro atoms. The van der Waals surface area contributed by atoms with Gasteiger partial charge in [-0.1, -0.05) is 11.6 Å². The van der Waals surface area contributed by atoms with Crippen LogP contribution in [-0.4, -0.2) is 30.0 Å². The molecule has 0 aromatic heterocycles. The third-order valence-electron chi connectivity index (χ3n) is 5.32. The van der Waals surface area contributed by atoms with Gasteiger partial charge in [0.25, 0.3) is 0 Å². The zero-order valence-corrected chi connectivity index (χ0v) is 17.4. The van der Waals surface area contributed by atoms with Gasteiger partial charge in [0.05, 0.1) is 22.1 Å².